The normalized spacial score (nSPS) is 19.5. The second-order valence-electron chi connectivity index (χ2n) is 6.92. The van der Waals surface area contributed by atoms with Crippen LogP contribution in [-0.4, -0.2) is 30.5 Å². The molecule has 0 unspecified atom stereocenters. The third-order valence-corrected chi connectivity index (χ3v) is 4.86. The number of nitrogens with one attached hydrogen (secondary N) is 3. The van der Waals surface area contributed by atoms with Crippen LogP contribution in [0, 0.1) is 0 Å². The quantitative estimate of drug-likeness (QED) is 0.641. The summed E-state index contributed by atoms with van der Waals surface area (Å²) in [5, 5.41) is 7.80. The average Bonchev–Trinajstić information content (AvgIpc) is 2.97. The summed E-state index contributed by atoms with van der Waals surface area (Å²) >= 11 is 0. The summed E-state index contributed by atoms with van der Waals surface area (Å²) in [5.74, 6) is 0.109. The molecule has 2 atom stereocenters. The number of benzene rings is 2. The molecule has 1 saturated heterocycles. The van der Waals surface area contributed by atoms with Crippen LogP contribution in [0.5, 0.6) is 5.75 Å². The Morgan fingerprint density at radius 3 is 2.29 bits per heavy atom. The van der Waals surface area contributed by atoms with Gasteiger partial charge in [0.05, 0.1) is 13.2 Å². The van der Waals surface area contributed by atoms with Gasteiger partial charge in [0.25, 0.3) is 5.91 Å². The number of urea groups is 1. The van der Waals surface area contributed by atoms with Crippen LogP contribution in [0.15, 0.2) is 54.6 Å². The number of ether oxygens (including phenoxy) is 1. The highest BCUT2D eigenvalue weighted by molar-refractivity contribution is 6.06. The predicted octanol–water partition coefficient (Wildman–Crippen LogP) is 2.28. The van der Waals surface area contributed by atoms with E-state index in [1.54, 1.807) is 14.0 Å². The summed E-state index contributed by atoms with van der Waals surface area (Å²) in [6, 6.07) is 16.3. The van der Waals surface area contributed by atoms with Gasteiger partial charge in [-0.05, 0) is 36.6 Å². The molecule has 0 aromatic heterocycles. The smallest absolute Gasteiger partial charge is 0.322 e. The number of hydrogen-bond acceptors (Lipinski definition) is 4. The zero-order chi connectivity index (χ0) is 20.1. The van der Waals surface area contributed by atoms with Gasteiger partial charge in [0.1, 0.15) is 11.3 Å². The van der Waals surface area contributed by atoms with Crippen molar-refractivity contribution in [2.75, 3.05) is 7.11 Å². The molecule has 1 aliphatic rings. The van der Waals surface area contributed by atoms with Crippen molar-refractivity contribution < 1.29 is 19.1 Å². The fourth-order valence-corrected chi connectivity index (χ4v) is 3.15. The SMILES string of the molecule is COc1ccc([C@H](NC(=O)CC[C@]2(C)NC(=O)NC2=O)c2ccccc2)cc1. The van der Waals surface area contributed by atoms with Gasteiger partial charge >= 0.3 is 6.03 Å². The number of rotatable bonds is 7. The van der Waals surface area contributed by atoms with Crippen molar-refractivity contribution in [1.29, 1.82) is 0 Å². The maximum atomic E-state index is 12.6. The summed E-state index contributed by atoms with van der Waals surface area (Å²) in [4.78, 5) is 35.9. The summed E-state index contributed by atoms with van der Waals surface area (Å²) in [6.45, 7) is 1.61. The lowest BCUT2D eigenvalue weighted by Crippen LogP contribution is -2.44. The van der Waals surface area contributed by atoms with Gasteiger partial charge in [-0.15, -0.1) is 0 Å². The second kappa shape index (κ2) is 8.12. The van der Waals surface area contributed by atoms with Gasteiger partial charge < -0.3 is 15.4 Å². The lowest BCUT2D eigenvalue weighted by molar-refractivity contribution is -0.125. The zero-order valence-electron chi connectivity index (χ0n) is 15.8. The largest absolute Gasteiger partial charge is 0.497 e. The summed E-state index contributed by atoms with van der Waals surface area (Å²) in [5.41, 5.74) is 0.786. The number of imide groups is 1. The van der Waals surface area contributed by atoms with Crippen LogP contribution in [0.3, 0.4) is 0 Å². The lowest BCUT2D eigenvalue weighted by Gasteiger charge is -2.23. The topological polar surface area (TPSA) is 96.5 Å². The maximum Gasteiger partial charge on any atom is 0.322 e. The Bertz CT molecular complexity index is 867. The van der Waals surface area contributed by atoms with E-state index in [1.165, 1.54) is 0 Å². The van der Waals surface area contributed by atoms with Gasteiger partial charge in [-0.3, -0.25) is 14.9 Å². The summed E-state index contributed by atoms with van der Waals surface area (Å²) < 4.78 is 5.20. The van der Waals surface area contributed by atoms with Gasteiger partial charge in [-0.25, -0.2) is 4.79 Å². The number of hydrogen-bond donors (Lipinski definition) is 3. The van der Waals surface area contributed by atoms with E-state index in [1.807, 2.05) is 54.6 Å². The van der Waals surface area contributed by atoms with E-state index < -0.39 is 17.5 Å². The Morgan fingerprint density at radius 1 is 1.07 bits per heavy atom. The Balaban J connectivity index is 1.73. The van der Waals surface area contributed by atoms with Crippen LogP contribution in [0.4, 0.5) is 4.79 Å². The minimum absolute atomic E-state index is 0.101. The fraction of sp³-hybridized carbons (Fsp3) is 0.286. The highest BCUT2D eigenvalue weighted by Gasteiger charge is 2.41. The van der Waals surface area contributed by atoms with E-state index in [9.17, 15) is 14.4 Å². The highest BCUT2D eigenvalue weighted by atomic mass is 16.5. The molecule has 1 aliphatic heterocycles. The van der Waals surface area contributed by atoms with Crippen molar-refractivity contribution >= 4 is 17.8 Å². The van der Waals surface area contributed by atoms with E-state index in [2.05, 4.69) is 16.0 Å². The van der Waals surface area contributed by atoms with Gasteiger partial charge in [0.2, 0.25) is 5.91 Å². The lowest BCUT2D eigenvalue weighted by atomic mass is 9.95. The molecule has 1 fully saturated rings. The standard InChI is InChI=1S/C21H23N3O4/c1-21(19(26)23-20(27)24-21)13-12-17(25)22-18(14-6-4-3-5-7-14)15-8-10-16(28-2)11-9-15/h3-11,18H,12-13H2,1-2H3,(H,22,25)(H2,23,24,26,27)/t18-,21+/m1/s1. The fourth-order valence-electron chi connectivity index (χ4n) is 3.15. The molecule has 3 rings (SSSR count). The van der Waals surface area contributed by atoms with Gasteiger partial charge in [-0.1, -0.05) is 42.5 Å². The molecule has 7 nitrogen and oxygen atoms in total. The Kier molecular flexibility index (Phi) is 5.63. The first-order chi connectivity index (χ1) is 13.4. The molecule has 0 radical (unpaired) electrons. The Morgan fingerprint density at radius 2 is 1.71 bits per heavy atom. The minimum atomic E-state index is -1.07. The van der Waals surface area contributed by atoms with Crippen LogP contribution < -0.4 is 20.7 Å². The summed E-state index contributed by atoms with van der Waals surface area (Å²) in [7, 11) is 1.60. The first kappa shape index (κ1) is 19.4. The first-order valence-corrected chi connectivity index (χ1v) is 9.03. The van der Waals surface area contributed by atoms with Crippen molar-refractivity contribution in [2.45, 2.75) is 31.3 Å². The van der Waals surface area contributed by atoms with Crippen LogP contribution in [0.1, 0.15) is 36.9 Å². The molecule has 0 aliphatic carbocycles. The van der Waals surface area contributed by atoms with E-state index in [0.29, 0.717) is 0 Å². The second-order valence-corrected chi connectivity index (χ2v) is 6.92. The van der Waals surface area contributed by atoms with Crippen LogP contribution in [-0.2, 0) is 9.59 Å². The maximum absolute atomic E-state index is 12.6. The van der Waals surface area contributed by atoms with Crippen LogP contribution >= 0.6 is 0 Å². The molecule has 28 heavy (non-hydrogen) atoms. The Hall–Kier alpha value is -3.35. The average molecular weight is 381 g/mol. The number of carbonyl (C=O) groups excluding carboxylic acids is 3. The van der Waals surface area contributed by atoms with Crippen molar-refractivity contribution in [1.82, 2.24) is 16.0 Å². The third-order valence-electron chi connectivity index (χ3n) is 4.86. The first-order valence-electron chi connectivity index (χ1n) is 9.03. The third kappa shape index (κ3) is 4.31. The molecule has 7 heteroatoms. The van der Waals surface area contributed by atoms with E-state index >= 15 is 0 Å². The molecule has 4 amide bonds. The molecular formula is C21H23N3O4. The molecule has 0 bridgehead atoms. The number of amides is 4. The molecule has 3 N–H and O–H groups in total. The van der Waals surface area contributed by atoms with E-state index in [0.717, 1.165) is 16.9 Å². The zero-order valence-corrected chi connectivity index (χ0v) is 15.8. The van der Waals surface area contributed by atoms with Gasteiger partial charge in [-0.2, -0.15) is 0 Å². The van der Waals surface area contributed by atoms with Crippen molar-refractivity contribution in [2.24, 2.45) is 0 Å². The summed E-state index contributed by atoms with van der Waals surface area (Å²) in [6.07, 6.45) is 0.310. The molecule has 2 aromatic rings. The van der Waals surface area contributed by atoms with Crippen molar-refractivity contribution in [3.63, 3.8) is 0 Å². The molecule has 0 saturated carbocycles. The van der Waals surface area contributed by atoms with Crippen LogP contribution in [0.25, 0.3) is 0 Å². The molecule has 146 valence electrons. The highest BCUT2D eigenvalue weighted by Crippen LogP contribution is 2.25. The Labute approximate surface area is 163 Å². The van der Waals surface area contributed by atoms with Crippen molar-refractivity contribution in [3.05, 3.63) is 65.7 Å². The van der Waals surface area contributed by atoms with Crippen molar-refractivity contribution in [3.8, 4) is 5.75 Å². The monoisotopic (exact) mass is 381 g/mol. The number of methoxy groups -OCH3 is 1. The molecular weight excluding hydrogens is 358 g/mol. The molecule has 1 heterocycles. The predicted molar refractivity (Wildman–Crippen MR) is 104 cm³/mol. The van der Waals surface area contributed by atoms with E-state index in [4.69, 9.17) is 4.74 Å². The molecule has 2 aromatic carbocycles. The molecule has 0 spiro atoms. The minimum Gasteiger partial charge on any atom is -0.497 e. The van der Waals surface area contributed by atoms with Gasteiger partial charge in [0, 0.05) is 6.42 Å². The van der Waals surface area contributed by atoms with Gasteiger partial charge in [0.15, 0.2) is 0 Å². The van der Waals surface area contributed by atoms with Crippen LogP contribution in [0.2, 0.25) is 0 Å². The number of carbonyl (C=O) groups is 3. The van der Waals surface area contributed by atoms with E-state index in [-0.39, 0.29) is 24.8 Å².